The van der Waals surface area contributed by atoms with Crippen LogP contribution in [0.4, 0.5) is 17.6 Å². The molecule has 0 spiro atoms. The van der Waals surface area contributed by atoms with Crippen molar-refractivity contribution in [2.75, 3.05) is 6.26 Å². The van der Waals surface area contributed by atoms with Crippen molar-refractivity contribution < 1.29 is 27.0 Å². The standard InChI is InChI=1S/C11H10F4O2S/c1-6(18-2)7-4-3-5-8-9(7)17-11(14,15)10(12,13)16-8/h3-6H,1-2H3. The monoisotopic (exact) mass is 282 g/mol. The van der Waals surface area contributed by atoms with Crippen molar-refractivity contribution in [1.29, 1.82) is 0 Å². The Balaban J connectivity index is 2.50. The normalized spacial score (nSPS) is 21.4. The van der Waals surface area contributed by atoms with Crippen LogP contribution in [0.25, 0.3) is 0 Å². The molecule has 0 amide bonds. The lowest BCUT2D eigenvalue weighted by Gasteiger charge is -2.33. The molecule has 1 unspecified atom stereocenters. The summed E-state index contributed by atoms with van der Waals surface area (Å²) in [4.78, 5) is 0. The lowest BCUT2D eigenvalue weighted by Crippen LogP contribution is -2.52. The highest BCUT2D eigenvalue weighted by Gasteiger charge is 2.66. The minimum absolute atomic E-state index is 0.175. The molecule has 0 saturated heterocycles. The zero-order chi connectivity index (χ0) is 13.6. The summed E-state index contributed by atoms with van der Waals surface area (Å²) in [5.74, 6) is -0.695. The zero-order valence-electron chi connectivity index (χ0n) is 9.55. The van der Waals surface area contributed by atoms with Gasteiger partial charge in [-0.2, -0.15) is 29.3 Å². The largest absolute Gasteiger partial charge is 0.507 e. The van der Waals surface area contributed by atoms with Gasteiger partial charge in [0.1, 0.15) is 0 Å². The van der Waals surface area contributed by atoms with Crippen LogP contribution in [-0.2, 0) is 0 Å². The Morgan fingerprint density at radius 2 is 1.72 bits per heavy atom. The van der Waals surface area contributed by atoms with E-state index in [4.69, 9.17) is 0 Å². The number of para-hydroxylation sites is 1. The Kier molecular flexibility index (Phi) is 3.12. The summed E-state index contributed by atoms with van der Waals surface area (Å²) in [6.45, 7) is 1.76. The third-order valence-corrected chi connectivity index (χ3v) is 3.57. The van der Waals surface area contributed by atoms with Gasteiger partial charge in [0.2, 0.25) is 0 Å². The summed E-state index contributed by atoms with van der Waals surface area (Å²) >= 11 is 1.38. The zero-order valence-corrected chi connectivity index (χ0v) is 10.4. The maximum absolute atomic E-state index is 13.1. The molecule has 1 aliphatic heterocycles. The average Bonchev–Trinajstić information content (AvgIpc) is 2.28. The molecule has 0 saturated carbocycles. The summed E-state index contributed by atoms with van der Waals surface area (Å²) < 4.78 is 60.4. The third kappa shape index (κ3) is 2.00. The van der Waals surface area contributed by atoms with E-state index in [1.165, 1.54) is 23.9 Å². The van der Waals surface area contributed by atoms with Crippen molar-refractivity contribution in [3.63, 3.8) is 0 Å². The number of benzene rings is 1. The molecule has 1 aromatic carbocycles. The van der Waals surface area contributed by atoms with Crippen molar-refractivity contribution in [2.45, 2.75) is 24.4 Å². The van der Waals surface area contributed by atoms with E-state index in [1.807, 2.05) is 0 Å². The van der Waals surface area contributed by atoms with Crippen LogP contribution >= 0.6 is 11.8 Å². The fourth-order valence-corrected chi connectivity index (χ4v) is 1.99. The summed E-state index contributed by atoms with van der Waals surface area (Å²) in [5, 5.41) is -0.175. The molecular formula is C11H10F4O2S. The minimum Gasteiger partial charge on any atom is -0.421 e. The van der Waals surface area contributed by atoms with E-state index in [1.54, 1.807) is 19.2 Å². The van der Waals surface area contributed by atoms with Gasteiger partial charge in [0, 0.05) is 10.8 Å². The summed E-state index contributed by atoms with van der Waals surface area (Å²) in [6, 6.07) is 4.18. The SMILES string of the molecule is CSC(C)c1cccc2c1OC(F)(F)C(F)(F)O2. The fourth-order valence-electron chi connectivity index (χ4n) is 1.55. The molecule has 0 fully saturated rings. The van der Waals surface area contributed by atoms with Crippen LogP contribution in [0.1, 0.15) is 17.7 Å². The molecule has 1 aromatic rings. The second kappa shape index (κ2) is 4.22. The van der Waals surface area contributed by atoms with Gasteiger partial charge in [-0.25, -0.2) is 0 Å². The van der Waals surface area contributed by atoms with Gasteiger partial charge >= 0.3 is 12.2 Å². The average molecular weight is 282 g/mol. The molecule has 1 heterocycles. The Bertz CT molecular complexity index is 464. The number of ether oxygens (including phenoxy) is 2. The van der Waals surface area contributed by atoms with Gasteiger partial charge in [-0.15, -0.1) is 0 Å². The second-order valence-corrected chi connectivity index (χ2v) is 4.97. The van der Waals surface area contributed by atoms with Crippen molar-refractivity contribution in [2.24, 2.45) is 0 Å². The van der Waals surface area contributed by atoms with E-state index in [9.17, 15) is 17.6 Å². The quantitative estimate of drug-likeness (QED) is 0.762. The van der Waals surface area contributed by atoms with Crippen LogP contribution in [0.3, 0.4) is 0 Å². The highest BCUT2D eigenvalue weighted by Crippen LogP contribution is 2.50. The van der Waals surface area contributed by atoms with Crippen LogP contribution in [0.2, 0.25) is 0 Å². The highest BCUT2D eigenvalue weighted by molar-refractivity contribution is 7.98. The van der Waals surface area contributed by atoms with Gasteiger partial charge < -0.3 is 9.47 Å². The number of thioether (sulfide) groups is 1. The molecule has 0 aromatic heterocycles. The molecule has 0 radical (unpaired) electrons. The number of hydrogen-bond donors (Lipinski definition) is 0. The summed E-state index contributed by atoms with van der Waals surface area (Å²) in [5.41, 5.74) is 0.398. The maximum Gasteiger partial charge on any atom is 0.507 e. The number of fused-ring (bicyclic) bond motifs is 1. The predicted octanol–water partition coefficient (Wildman–Crippen LogP) is 4.07. The molecule has 0 bridgehead atoms. The number of hydrogen-bond acceptors (Lipinski definition) is 3. The maximum atomic E-state index is 13.1. The molecule has 1 aliphatic rings. The van der Waals surface area contributed by atoms with Crippen LogP contribution in [0.5, 0.6) is 11.5 Å². The Labute approximate surface area is 105 Å². The molecule has 18 heavy (non-hydrogen) atoms. The second-order valence-electron chi connectivity index (χ2n) is 3.79. The first-order valence-corrected chi connectivity index (χ1v) is 6.36. The van der Waals surface area contributed by atoms with E-state index in [0.29, 0.717) is 5.56 Å². The highest BCUT2D eigenvalue weighted by atomic mass is 32.2. The van der Waals surface area contributed by atoms with E-state index < -0.39 is 12.2 Å². The van der Waals surface area contributed by atoms with Gasteiger partial charge in [0.15, 0.2) is 11.5 Å². The Morgan fingerprint density at radius 1 is 1.11 bits per heavy atom. The molecule has 0 N–H and O–H groups in total. The number of rotatable bonds is 2. The van der Waals surface area contributed by atoms with Gasteiger partial charge in [-0.1, -0.05) is 12.1 Å². The molecule has 100 valence electrons. The van der Waals surface area contributed by atoms with Crippen LogP contribution in [0.15, 0.2) is 18.2 Å². The number of halogens is 4. The Hall–Kier alpha value is -1.11. The predicted molar refractivity (Wildman–Crippen MR) is 59.5 cm³/mol. The fraction of sp³-hybridized carbons (Fsp3) is 0.455. The molecular weight excluding hydrogens is 272 g/mol. The first-order chi connectivity index (χ1) is 8.28. The summed E-state index contributed by atoms with van der Waals surface area (Å²) in [7, 11) is 0. The Morgan fingerprint density at radius 3 is 2.33 bits per heavy atom. The number of alkyl halides is 4. The van der Waals surface area contributed by atoms with Crippen molar-refractivity contribution in [1.82, 2.24) is 0 Å². The van der Waals surface area contributed by atoms with E-state index in [2.05, 4.69) is 9.47 Å². The smallest absolute Gasteiger partial charge is 0.421 e. The molecule has 1 atom stereocenters. The van der Waals surface area contributed by atoms with Crippen LogP contribution < -0.4 is 9.47 Å². The summed E-state index contributed by atoms with van der Waals surface area (Å²) in [6.07, 6.45) is -7.56. The molecule has 2 rings (SSSR count). The molecule has 0 aliphatic carbocycles. The van der Waals surface area contributed by atoms with Gasteiger partial charge in [0.05, 0.1) is 0 Å². The lowest BCUT2D eigenvalue weighted by molar-refractivity contribution is -0.391. The van der Waals surface area contributed by atoms with Crippen molar-refractivity contribution in [3.05, 3.63) is 23.8 Å². The lowest BCUT2D eigenvalue weighted by atomic mass is 10.1. The minimum atomic E-state index is -4.67. The van der Waals surface area contributed by atoms with Gasteiger partial charge in [-0.05, 0) is 19.2 Å². The van der Waals surface area contributed by atoms with E-state index >= 15 is 0 Å². The van der Waals surface area contributed by atoms with Gasteiger partial charge in [0.25, 0.3) is 0 Å². The van der Waals surface area contributed by atoms with Crippen molar-refractivity contribution in [3.8, 4) is 11.5 Å². The topological polar surface area (TPSA) is 18.5 Å². The molecule has 2 nitrogen and oxygen atoms in total. The van der Waals surface area contributed by atoms with E-state index in [0.717, 1.165) is 0 Å². The van der Waals surface area contributed by atoms with Crippen molar-refractivity contribution >= 4 is 11.8 Å². The third-order valence-electron chi connectivity index (χ3n) is 2.61. The van der Waals surface area contributed by atoms with Gasteiger partial charge in [-0.3, -0.25) is 0 Å². The molecule has 7 heteroatoms. The van der Waals surface area contributed by atoms with Crippen LogP contribution in [-0.4, -0.2) is 18.5 Å². The first-order valence-electron chi connectivity index (χ1n) is 5.08. The van der Waals surface area contributed by atoms with E-state index in [-0.39, 0.29) is 16.7 Å². The van der Waals surface area contributed by atoms with Crippen LogP contribution in [0, 0.1) is 0 Å². The first kappa shape index (κ1) is 13.3.